The Morgan fingerprint density at radius 1 is 1.33 bits per heavy atom. The second-order valence-corrected chi connectivity index (χ2v) is 4.45. The highest BCUT2D eigenvalue weighted by Gasteiger charge is 2.08. The van der Waals surface area contributed by atoms with Crippen LogP contribution in [0.25, 0.3) is 0 Å². The highest BCUT2D eigenvalue weighted by Crippen LogP contribution is 2.19. The number of nitrogens with zero attached hydrogens (tertiary/aromatic N) is 1. The van der Waals surface area contributed by atoms with E-state index in [1.807, 2.05) is 18.2 Å². The molecule has 0 aliphatic carbocycles. The number of ether oxygens (including phenoxy) is 1. The van der Waals surface area contributed by atoms with Crippen molar-refractivity contribution in [2.75, 3.05) is 19.4 Å². The van der Waals surface area contributed by atoms with Crippen LogP contribution in [-0.4, -0.2) is 31.1 Å². The lowest BCUT2D eigenvalue weighted by Crippen LogP contribution is -2.25. The van der Waals surface area contributed by atoms with Gasteiger partial charge in [0, 0.05) is 31.9 Å². The molecule has 0 aliphatic rings. The van der Waals surface area contributed by atoms with Gasteiger partial charge in [0.1, 0.15) is 5.75 Å². The van der Waals surface area contributed by atoms with Gasteiger partial charge in [-0.2, -0.15) is 0 Å². The zero-order valence-corrected chi connectivity index (χ0v) is 11.6. The Kier molecular flexibility index (Phi) is 5.49. The van der Waals surface area contributed by atoms with Crippen LogP contribution in [0.4, 0.5) is 10.5 Å². The third kappa shape index (κ3) is 4.28. The third-order valence-electron chi connectivity index (χ3n) is 2.76. The number of nitrogens with one attached hydrogen (secondary N) is 1. The van der Waals surface area contributed by atoms with E-state index in [9.17, 15) is 4.79 Å². The van der Waals surface area contributed by atoms with Crippen molar-refractivity contribution in [1.82, 2.24) is 4.90 Å². The Balaban J connectivity index is 2.70. The number of carbonyl (C=O) groups excluding carboxylic acids is 1. The fraction of sp³-hybridized carbons (Fsp3) is 0.500. The molecular formula is C14H22N2O2. The molecule has 1 aromatic carbocycles. The molecule has 4 heteroatoms. The first-order valence-corrected chi connectivity index (χ1v) is 6.32. The minimum atomic E-state index is -0.366. The Hall–Kier alpha value is -1.71. The van der Waals surface area contributed by atoms with Crippen LogP contribution in [0.3, 0.4) is 0 Å². The van der Waals surface area contributed by atoms with Gasteiger partial charge in [-0.05, 0) is 25.0 Å². The van der Waals surface area contributed by atoms with E-state index in [2.05, 4.69) is 19.2 Å². The molecule has 0 heterocycles. The van der Waals surface area contributed by atoms with Gasteiger partial charge < -0.3 is 15.0 Å². The first kappa shape index (κ1) is 14.4. The first-order chi connectivity index (χ1) is 8.56. The summed E-state index contributed by atoms with van der Waals surface area (Å²) in [5.41, 5.74) is 0.979. The number of amides is 1. The normalized spacial score (nSPS) is 10.3. The molecule has 0 radical (unpaired) electrons. The van der Waals surface area contributed by atoms with Gasteiger partial charge in [-0.15, -0.1) is 0 Å². The number of carbonyl (C=O) groups is 1. The van der Waals surface area contributed by atoms with Gasteiger partial charge in [-0.1, -0.05) is 19.9 Å². The van der Waals surface area contributed by atoms with Crippen molar-refractivity contribution in [1.29, 1.82) is 0 Å². The average molecular weight is 250 g/mol. The van der Waals surface area contributed by atoms with Gasteiger partial charge in [0.15, 0.2) is 0 Å². The van der Waals surface area contributed by atoms with Gasteiger partial charge in [0.05, 0.1) is 0 Å². The molecule has 0 saturated carbocycles. The maximum atomic E-state index is 11.4. The SMILES string of the molecule is CCC(CC)Nc1cccc(OC(=O)N(C)C)c1. The minimum Gasteiger partial charge on any atom is -0.410 e. The highest BCUT2D eigenvalue weighted by atomic mass is 16.6. The van der Waals surface area contributed by atoms with Crippen LogP contribution >= 0.6 is 0 Å². The summed E-state index contributed by atoms with van der Waals surface area (Å²) < 4.78 is 5.21. The van der Waals surface area contributed by atoms with Gasteiger partial charge in [0.25, 0.3) is 0 Å². The van der Waals surface area contributed by atoms with Crippen LogP contribution in [0.1, 0.15) is 26.7 Å². The summed E-state index contributed by atoms with van der Waals surface area (Å²) in [5.74, 6) is 0.560. The lowest BCUT2D eigenvalue weighted by molar-refractivity contribution is 0.172. The minimum absolute atomic E-state index is 0.366. The summed E-state index contributed by atoms with van der Waals surface area (Å²) in [6.45, 7) is 4.30. The lowest BCUT2D eigenvalue weighted by atomic mass is 10.1. The molecule has 0 aliphatic heterocycles. The molecule has 4 nitrogen and oxygen atoms in total. The van der Waals surface area contributed by atoms with Crippen molar-refractivity contribution < 1.29 is 9.53 Å². The van der Waals surface area contributed by atoms with Gasteiger partial charge in [-0.25, -0.2) is 4.79 Å². The zero-order chi connectivity index (χ0) is 13.5. The zero-order valence-electron chi connectivity index (χ0n) is 11.6. The van der Waals surface area contributed by atoms with Crippen molar-refractivity contribution >= 4 is 11.8 Å². The number of hydrogen-bond acceptors (Lipinski definition) is 3. The first-order valence-electron chi connectivity index (χ1n) is 6.32. The van der Waals surface area contributed by atoms with Crippen molar-refractivity contribution in [2.24, 2.45) is 0 Å². The summed E-state index contributed by atoms with van der Waals surface area (Å²) in [7, 11) is 3.32. The van der Waals surface area contributed by atoms with E-state index in [1.165, 1.54) is 4.90 Å². The smallest absolute Gasteiger partial charge is 0.410 e. The standard InChI is InChI=1S/C14H22N2O2/c1-5-11(6-2)15-12-8-7-9-13(10-12)18-14(17)16(3)4/h7-11,15H,5-6H2,1-4H3. The van der Waals surface area contributed by atoms with Gasteiger partial charge in [-0.3, -0.25) is 0 Å². The Morgan fingerprint density at radius 2 is 2.00 bits per heavy atom. The average Bonchev–Trinajstić information content (AvgIpc) is 2.36. The van der Waals surface area contributed by atoms with Crippen LogP contribution in [0.5, 0.6) is 5.75 Å². The second-order valence-electron chi connectivity index (χ2n) is 4.45. The van der Waals surface area contributed by atoms with Crippen molar-refractivity contribution in [2.45, 2.75) is 32.7 Å². The molecule has 100 valence electrons. The molecule has 1 aromatic rings. The van der Waals surface area contributed by atoms with Crippen LogP contribution in [0.2, 0.25) is 0 Å². The number of anilines is 1. The topological polar surface area (TPSA) is 41.6 Å². The van der Waals surface area contributed by atoms with E-state index in [0.717, 1.165) is 18.5 Å². The molecule has 0 atom stereocenters. The van der Waals surface area contributed by atoms with E-state index < -0.39 is 0 Å². The highest BCUT2D eigenvalue weighted by molar-refractivity contribution is 5.70. The van der Waals surface area contributed by atoms with Crippen LogP contribution < -0.4 is 10.1 Å². The molecule has 0 unspecified atom stereocenters. The van der Waals surface area contributed by atoms with Crippen LogP contribution in [0, 0.1) is 0 Å². The molecule has 1 rings (SSSR count). The monoisotopic (exact) mass is 250 g/mol. The predicted molar refractivity (Wildman–Crippen MR) is 74.1 cm³/mol. The largest absolute Gasteiger partial charge is 0.414 e. The van der Waals surface area contributed by atoms with E-state index in [0.29, 0.717) is 11.8 Å². The maximum Gasteiger partial charge on any atom is 0.414 e. The molecule has 18 heavy (non-hydrogen) atoms. The summed E-state index contributed by atoms with van der Waals surface area (Å²) in [5, 5.41) is 3.42. The summed E-state index contributed by atoms with van der Waals surface area (Å²) in [6, 6.07) is 7.93. The van der Waals surface area contributed by atoms with Crippen molar-refractivity contribution in [3.8, 4) is 5.75 Å². The van der Waals surface area contributed by atoms with E-state index in [1.54, 1.807) is 20.2 Å². The van der Waals surface area contributed by atoms with E-state index in [4.69, 9.17) is 4.74 Å². The number of rotatable bonds is 5. The summed E-state index contributed by atoms with van der Waals surface area (Å²) >= 11 is 0. The van der Waals surface area contributed by atoms with E-state index in [-0.39, 0.29) is 6.09 Å². The Bertz CT molecular complexity index is 387. The predicted octanol–water partition coefficient (Wildman–Crippen LogP) is 3.35. The fourth-order valence-electron chi connectivity index (χ4n) is 1.57. The molecule has 0 saturated heterocycles. The molecule has 0 fully saturated rings. The van der Waals surface area contributed by atoms with Gasteiger partial charge >= 0.3 is 6.09 Å². The van der Waals surface area contributed by atoms with Crippen molar-refractivity contribution in [3.63, 3.8) is 0 Å². The second kappa shape index (κ2) is 6.89. The van der Waals surface area contributed by atoms with Crippen LogP contribution in [0.15, 0.2) is 24.3 Å². The van der Waals surface area contributed by atoms with Gasteiger partial charge in [0.2, 0.25) is 0 Å². The van der Waals surface area contributed by atoms with E-state index >= 15 is 0 Å². The Labute approximate surface area is 109 Å². The summed E-state index contributed by atoms with van der Waals surface area (Å²) in [4.78, 5) is 12.8. The van der Waals surface area contributed by atoms with Crippen LogP contribution in [-0.2, 0) is 0 Å². The third-order valence-corrected chi connectivity index (χ3v) is 2.76. The molecular weight excluding hydrogens is 228 g/mol. The number of hydrogen-bond donors (Lipinski definition) is 1. The fourth-order valence-corrected chi connectivity index (χ4v) is 1.57. The number of benzene rings is 1. The van der Waals surface area contributed by atoms with Crippen molar-refractivity contribution in [3.05, 3.63) is 24.3 Å². The quantitative estimate of drug-likeness (QED) is 0.871. The molecule has 0 spiro atoms. The molecule has 1 amide bonds. The maximum absolute atomic E-state index is 11.4. The molecule has 0 aromatic heterocycles. The molecule has 0 bridgehead atoms. The lowest BCUT2D eigenvalue weighted by Gasteiger charge is -2.17. The summed E-state index contributed by atoms with van der Waals surface area (Å²) in [6.07, 6.45) is 1.77. The molecule has 1 N–H and O–H groups in total. The Morgan fingerprint density at radius 3 is 2.56 bits per heavy atom.